The normalized spacial score (nSPS) is 12.6. The fraction of sp³-hybridized carbons (Fsp3) is 0.571. The standard InChI is InChI=1S/C14H22ClNO3/c1-16-11-14(12-3-5-13(15)6-4-12)19-10-9-18-8-7-17-2/h3-6,14,16H,7-11H2,1-2H3. The van der Waals surface area contributed by atoms with Crippen LogP contribution in [0.1, 0.15) is 11.7 Å². The zero-order valence-electron chi connectivity index (χ0n) is 11.5. The van der Waals surface area contributed by atoms with Crippen molar-refractivity contribution >= 4 is 11.6 Å². The number of hydrogen-bond acceptors (Lipinski definition) is 4. The SMILES string of the molecule is CNCC(OCCOCCOC)c1ccc(Cl)cc1. The van der Waals surface area contributed by atoms with E-state index in [1.165, 1.54) is 0 Å². The van der Waals surface area contributed by atoms with Gasteiger partial charge in [-0.2, -0.15) is 0 Å². The van der Waals surface area contributed by atoms with Gasteiger partial charge in [0.25, 0.3) is 0 Å². The van der Waals surface area contributed by atoms with Crippen LogP contribution in [0.4, 0.5) is 0 Å². The molecule has 5 heteroatoms. The van der Waals surface area contributed by atoms with Crippen LogP contribution in [0.15, 0.2) is 24.3 Å². The molecule has 108 valence electrons. The molecule has 1 N–H and O–H groups in total. The molecule has 1 unspecified atom stereocenters. The Labute approximate surface area is 120 Å². The summed E-state index contributed by atoms with van der Waals surface area (Å²) in [6.45, 7) is 3.07. The number of nitrogens with one attached hydrogen (secondary N) is 1. The molecule has 1 atom stereocenters. The van der Waals surface area contributed by atoms with Gasteiger partial charge in [-0.05, 0) is 24.7 Å². The third-order valence-corrected chi connectivity index (χ3v) is 2.86. The Morgan fingerprint density at radius 1 is 1.11 bits per heavy atom. The summed E-state index contributed by atoms with van der Waals surface area (Å²) in [7, 11) is 3.56. The van der Waals surface area contributed by atoms with Gasteiger partial charge >= 0.3 is 0 Å². The second-order valence-electron chi connectivity index (χ2n) is 4.07. The van der Waals surface area contributed by atoms with Crippen LogP contribution in [0.2, 0.25) is 5.02 Å². The van der Waals surface area contributed by atoms with Crippen LogP contribution in [0, 0.1) is 0 Å². The number of likely N-dealkylation sites (N-methyl/N-ethyl adjacent to an activating group) is 1. The Bertz CT molecular complexity index is 332. The quantitative estimate of drug-likeness (QED) is 0.670. The molecule has 1 rings (SSSR count). The molecule has 0 saturated carbocycles. The monoisotopic (exact) mass is 287 g/mol. The highest BCUT2D eigenvalue weighted by Gasteiger charge is 2.10. The van der Waals surface area contributed by atoms with Gasteiger partial charge in [-0.25, -0.2) is 0 Å². The van der Waals surface area contributed by atoms with E-state index in [1.807, 2.05) is 31.3 Å². The van der Waals surface area contributed by atoms with Gasteiger partial charge in [-0.1, -0.05) is 23.7 Å². The van der Waals surface area contributed by atoms with Crippen molar-refractivity contribution in [3.8, 4) is 0 Å². The fourth-order valence-corrected chi connectivity index (χ4v) is 1.76. The minimum Gasteiger partial charge on any atom is -0.382 e. The highest BCUT2D eigenvalue weighted by molar-refractivity contribution is 6.30. The average molecular weight is 288 g/mol. The topological polar surface area (TPSA) is 39.7 Å². The molecule has 4 nitrogen and oxygen atoms in total. The van der Waals surface area contributed by atoms with Crippen LogP contribution in [-0.4, -0.2) is 47.1 Å². The molecule has 0 fully saturated rings. The predicted octanol–water partition coefficient (Wildman–Crippen LogP) is 2.28. The predicted molar refractivity (Wildman–Crippen MR) is 76.8 cm³/mol. The molecule has 0 heterocycles. The van der Waals surface area contributed by atoms with E-state index in [2.05, 4.69) is 5.32 Å². The van der Waals surface area contributed by atoms with Gasteiger partial charge in [-0.15, -0.1) is 0 Å². The largest absolute Gasteiger partial charge is 0.382 e. The van der Waals surface area contributed by atoms with E-state index in [4.69, 9.17) is 25.8 Å². The van der Waals surface area contributed by atoms with Gasteiger partial charge < -0.3 is 19.5 Å². The zero-order chi connectivity index (χ0) is 13.9. The average Bonchev–Trinajstić information content (AvgIpc) is 2.42. The van der Waals surface area contributed by atoms with Crippen molar-refractivity contribution in [2.24, 2.45) is 0 Å². The van der Waals surface area contributed by atoms with E-state index in [0.29, 0.717) is 26.4 Å². The van der Waals surface area contributed by atoms with E-state index in [-0.39, 0.29) is 6.10 Å². The summed E-state index contributed by atoms with van der Waals surface area (Å²) in [5.74, 6) is 0. The first-order valence-electron chi connectivity index (χ1n) is 6.36. The molecule has 0 radical (unpaired) electrons. The van der Waals surface area contributed by atoms with Crippen molar-refractivity contribution in [1.82, 2.24) is 5.32 Å². The molecule has 0 bridgehead atoms. The van der Waals surface area contributed by atoms with E-state index in [0.717, 1.165) is 17.1 Å². The Morgan fingerprint density at radius 3 is 2.42 bits per heavy atom. The summed E-state index contributed by atoms with van der Waals surface area (Å²) < 4.78 is 16.1. The number of rotatable bonds is 10. The summed E-state index contributed by atoms with van der Waals surface area (Å²) in [5.41, 5.74) is 1.11. The van der Waals surface area contributed by atoms with Crippen LogP contribution in [-0.2, 0) is 14.2 Å². The van der Waals surface area contributed by atoms with Crippen LogP contribution < -0.4 is 5.32 Å². The van der Waals surface area contributed by atoms with Crippen LogP contribution in [0.5, 0.6) is 0 Å². The Balaban J connectivity index is 2.34. The third-order valence-electron chi connectivity index (χ3n) is 2.61. The maximum Gasteiger partial charge on any atom is 0.0950 e. The lowest BCUT2D eigenvalue weighted by atomic mass is 10.1. The van der Waals surface area contributed by atoms with E-state index in [1.54, 1.807) is 7.11 Å². The molecule has 0 aromatic heterocycles. The number of hydrogen-bond donors (Lipinski definition) is 1. The molecule has 0 spiro atoms. The van der Waals surface area contributed by atoms with Crippen LogP contribution in [0.25, 0.3) is 0 Å². The van der Waals surface area contributed by atoms with Crippen molar-refractivity contribution in [1.29, 1.82) is 0 Å². The summed E-state index contributed by atoms with van der Waals surface area (Å²) in [4.78, 5) is 0. The van der Waals surface area contributed by atoms with Crippen molar-refractivity contribution in [3.63, 3.8) is 0 Å². The first-order chi connectivity index (χ1) is 9.27. The fourth-order valence-electron chi connectivity index (χ4n) is 1.63. The van der Waals surface area contributed by atoms with Gasteiger partial charge in [-0.3, -0.25) is 0 Å². The first kappa shape index (κ1) is 16.4. The maximum atomic E-state index is 5.88. The van der Waals surface area contributed by atoms with Crippen molar-refractivity contribution in [3.05, 3.63) is 34.9 Å². The van der Waals surface area contributed by atoms with Gasteiger partial charge in [0.2, 0.25) is 0 Å². The van der Waals surface area contributed by atoms with Crippen molar-refractivity contribution in [2.75, 3.05) is 47.1 Å². The second-order valence-corrected chi connectivity index (χ2v) is 4.51. The van der Waals surface area contributed by atoms with E-state index >= 15 is 0 Å². The lowest BCUT2D eigenvalue weighted by Gasteiger charge is -2.18. The summed E-state index contributed by atoms with van der Waals surface area (Å²) in [5, 5.41) is 3.85. The smallest absolute Gasteiger partial charge is 0.0950 e. The minimum absolute atomic E-state index is 0.00768. The molecular weight excluding hydrogens is 266 g/mol. The molecule has 1 aromatic carbocycles. The molecule has 19 heavy (non-hydrogen) atoms. The van der Waals surface area contributed by atoms with Crippen molar-refractivity contribution < 1.29 is 14.2 Å². The molecule has 0 aliphatic heterocycles. The highest BCUT2D eigenvalue weighted by Crippen LogP contribution is 2.19. The summed E-state index contributed by atoms with van der Waals surface area (Å²) in [6.07, 6.45) is 0.00768. The van der Waals surface area contributed by atoms with Gasteiger partial charge in [0.15, 0.2) is 0 Å². The Morgan fingerprint density at radius 2 is 1.79 bits per heavy atom. The van der Waals surface area contributed by atoms with Gasteiger partial charge in [0.1, 0.15) is 0 Å². The molecule has 1 aromatic rings. The summed E-state index contributed by atoms with van der Waals surface area (Å²) >= 11 is 5.88. The molecule has 0 aliphatic carbocycles. The van der Waals surface area contributed by atoms with Crippen molar-refractivity contribution in [2.45, 2.75) is 6.10 Å². The Hall–Kier alpha value is -0.650. The second kappa shape index (κ2) is 10.2. The van der Waals surface area contributed by atoms with Crippen LogP contribution in [0.3, 0.4) is 0 Å². The molecule has 0 amide bonds. The number of ether oxygens (including phenoxy) is 3. The molecule has 0 aliphatic rings. The minimum atomic E-state index is 0.00768. The highest BCUT2D eigenvalue weighted by atomic mass is 35.5. The molecule has 0 saturated heterocycles. The van der Waals surface area contributed by atoms with Gasteiger partial charge in [0, 0.05) is 18.7 Å². The molecular formula is C14H22ClNO3. The van der Waals surface area contributed by atoms with E-state index < -0.39 is 0 Å². The lowest BCUT2D eigenvalue weighted by molar-refractivity contribution is -0.00631. The van der Waals surface area contributed by atoms with Crippen LogP contribution >= 0.6 is 11.6 Å². The number of halogens is 1. The summed E-state index contributed by atoms with van der Waals surface area (Å²) in [6, 6.07) is 7.71. The lowest BCUT2D eigenvalue weighted by Crippen LogP contribution is -2.21. The number of methoxy groups -OCH3 is 1. The maximum absolute atomic E-state index is 5.88. The van der Waals surface area contributed by atoms with Gasteiger partial charge in [0.05, 0.1) is 32.5 Å². The zero-order valence-corrected chi connectivity index (χ0v) is 12.3. The third kappa shape index (κ3) is 6.89. The Kier molecular flexibility index (Phi) is 8.79. The number of benzene rings is 1. The van der Waals surface area contributed by atoms with E-state index in [9.17, 15) is 0 Å². The first-order valence-corrected chi connectivity index (χ1v) is 6.74.